The van der Waals surface area contributed by atoms with Gasteiger partial charge in [0, 0.05) is 37.4 Å². The van der Waals surface area contributed by atoms with Crippen LogP contribution in [0.2, 0.25) is 5.02 Å². The molecule has 0 aliphatic rings. The second-order valence-electron chi connectivity index (χ2n) is 11.6. The maximum Gasteiger partial charge on any atom is 0.421 e. The van der Waals surface area contributed by atoms with E-state index >= 15 is 0 Å². The normalized spacial score (nSPS) is 13.9. The highest BCUT2D eigenvalue weighted by Gasteiger charge is 2.53. The van der Waals surface area contributed by atoms with E-state index in [4.69, 9.17) is 16.3 Å². The molecule has 0 amide bonds. The van der Waals surface area contributed by atoms with Crippen LogP contribution < -0.4 is 4.74 Å². The zero-order chi connectivity index (χ0) is 35.3. The third-order valence-corrected chi connectivity index (χ3v) is 9.52. The summed E-state index contributed by atoms with van der Waals surface area (Å²) in [4.78, 5) is 1.22. The number of sulfone groups is 1. The molecule has 0 heterocycles. The van der Waals surface area contributed by atoms with Crippen molar-refractivity contribution in [1.82, 2.24) is 4.90 Å². The lowest BCUT2D eigenvalue weighted by molar-refractivity contribution is -0.259. The van der Waals surface area contributed by atoms with Gasteiger partial charge in [-0.3, -0.25) is 4.90 Å². The van der Waals surface area contributed by atoms with Gasteiger partial charge in [-0.1, -0.05) is 90.5 Å². The Balaban J connectivity index is 1.59. The van der Waals surface area contributed by atoms with Crippen LogP contribution in [0.1, 0.15) is 47.1 Å². The average Bonchev–Trinajstić information content (AvgIpc) is 3.01. The molecule has 4 aromatic rings. The van der Waals surface area contributed by atoms with Crippen molar-refractivity contribution in [2.24, 2.45) is 0 Å². The van der Waals surface area contributed by atoms with Gasteiger partial charge in [0.05, 0.1) is 22.1 Å². The minimum absolute atomic E-state index is 0.00756. The van der Waals surface area contributed by atoms with Crippen LogP contribution in [0.3, 0.4) is 0 Å². The first-order chi connectivity index (χ1) is 22.4. The fourth-order valence-corrected chi connectivity index (χ4v) is 6.65. The molecular formula is C35H34ClF6NO4S. The summed E-state index contributed by atoms with van der Waals surface area (Å²) in [6, 6.07) is 25.9. The molecule has 4 rings (SSSR count). The number of halogens is 7. The molecule has 1 N–H and O–H groups in total. The quantitative estimate of drug-likeness (QED) is 0.111. The zero-order valence-corrected chi connectivity index (χ0v) is 27.6. The molecule has 5 nitrogen and oxygen atoms in total. The smallest absolute Gasteiger partial charge is 0.421 e. The fraction of sp³-hybridized carbons (Fsp3) is 0.314. The maximum atomic E-state index is 13.7. The van der Waals surface area contributed by atoms with E-state index in [1.807, 2.05) is 65.6 Å². The van der Waals surface area contributed by atoms with Crippen LogP contribution >= 0.6 is 11.6 Å². The number of alkyl halides is 6. The van der Waals surface area contributed by atoms with Gasteiger partial charge in [0.2, 0.25) is 0 Å². The van der Waals surface area contributed by atoms with E-state index in [0.29, 0.717) is 26.4 Å². The molecular weight excluding hydrogens is 680 g/mol. The number of ether oxygens (including phenoxy) is 1. The van der Waals surface area contributed by atoms with Crippen molar-refractivity contribution in [2.75, 3.05) is 26.0 Å². The first kappa shape index (κ1) is 37.2. The van der Waals surface area contributed by atoms with Crippen LogP contribution in [0.5, 0.6) is 5.75 Å². The van der Waals surface area contributed by atoms with Crippen molar-refractivity contribution in [1.29, 1.82) is 0 Å². The SMILES string of the molecule is CC(O)(c1ccc(OCCCN(Cc2cccc(C(F)(F)F)c2Cl)CC(c2ccccc2)c2ccccc2)cc1S(C)(=O)=O)C(F)(F)F. The molecule has 0 radical (unpaired) electrons. The van der Waals surface area contributed by atoms with Gasteiger partial charge in [-0.15, -0.1) is 0 Å². The molecule has 0 saturated carbocycles. The molecule has 1 atom stereocenters. The number of hydrogen-bond acceptors (Lipinski definition) is 5. The summed E-state index contributed by atoms with van der Waals surface area (Å²) in [5.41, 5.74) is -2.95. The van der Waals surface area contributed by atoms with Crippen LogP contribution in [0, 0.1) is 0 Å². The number of benzene rings is 4. The Kier molecular flexibility index (Phi) is 11.6. The number of rotatable bonds is 13. The first-order valence-corrected chi connectivity index (χ1v) is 17.1. The van der Waals surface area contributed by atoms with Crippen LogP contribution in [0.4, 0.5) is 26.3 Å². The van der Waals surface area contributed by atoms with E-state index in [1.165, 1.54) is 12.1 Å². The van der Waals surface area contributed by atoms with Crippen molar-refractivity contribution in [3.63, 3.8) is 0 Å². The summed E-state index contributed by atoms with van der Waals surface area (Å²) in [5, 5.41) is 9.77. The number of aliphatic hydroxyl groups is 1. The fourth-order valence-electron chi connectivity index (χ4n) is 5.36. The van der Waals surface area contributed by atoms with Crippen molar-refractivity contribution in [2.45, 2.75) is 48.7 Å². The van der Waals surface area contributed by atoms with Gasteiger partial charge in [0.15, 0.2) is 15.4 Å². The largest absolute Gasteiger partial charge is 0.494 e. The molecule has 0 saturated heterocycles. The maximum absolute atomic E-state index is 13.7. The predicted molar refractivity (Wildman–Crippen MR) is 172 cm³/mol. The highest BCUT2D eigenvalue weighted by Crippen LogP contribution is 2.42. The lowest BCUT2D eigenvalue weighted by Gasteiger charge is -2.29. The van der Waals surface area contributed by atoms with Gasteiger partial charge in [-0.2, -0.15) is 26.3 Å². The van der Waals surface area contributed by atoms with E-state index in [9.17, 15) is 39.9 Å². The molecule has 0 spiro atoms. The summed E-state index contributed by atoms with van der Waals surface area (Å²) in [6.07, 6.45) is -8.74. The molecule has 1 unspecified atom stereocenters. The summed E-state index contributed by atoms with van der Waals surface area (Å²) in [7, 11) is -4.20. The lowest BCUT2D eigenvalue weighted by atomic mass is 9.90. The van der Waals surface area contributed by atoms with Gasteiger partial charge in [-0.05, 0) is 48.2 Å². The Hall–Kier alpha value is -3.58. The molecule has 0 fully saturated rings. The highest BCUT2D eigenvalue weighted by molar-refractivity contribution is 7.90. The molecule has 0 aliphatic carbocycles. The minimum atomic E-state index is -5.14. The molecule has 0 aliphatic heterocycles. The lowest BCUT2D eigenvalue weighted by Crippen LogP contribution is -2.40. The van der Waals surface area contributed by atoms with E-state index in [-0.39, 0.29) is 30.4 Å². The molecule has 0 aromatic heterocycles. The molecule has 48 heavy (non-hydrogen) atoms. The van der Waals surface area contributed by atoms with Crippen molar-refractivity contribution in [3.05, 3.63) is 130 Å². The Morgan fingerprint density at radius 3 is 1.94 bits per heavy atom. The highest BCUT2D eigenvalue weighted by atomic mass is 35.5. The summed E-state index contributed by atoms with van der Waals surface area (Å²) < 4.78 is 112. The predicted octanol–water partition coefficient (Wildman–Crippen LogP) is 8.64. The standard InChI is InChI=1S/C35H34ClF6NO4S/c1-33(44,35(40,41)42)29-18-17-27(21-31(29)48(2,45)46)47-20-10-19-43(22-26-15-9-16-30(32(26)36)34(37,38)39)23-28(24-11-5-3-6-12-24)25-13-7-4-8-14-25/h3-9,11-18,21,28,44H,10,19-20,22-23H2,1-2H3. The van der Waals surface area contributed by atoms with E-state index in [1.54, 1.807) is 0 Å². The Bertz CT molecular complexity index is 1740. The van der Waals surface area contributed by atoms with Gasteiger partial charge < -0.3 is 9.84 Å². The van der Waals surface area contributed by atoms with Gasteiger partial charge in [0.25, 0.3) is 0 Å². The van der Waals surface area contributed by atoms with Crippen LogP contribution in [0.25, 0.3) is 0 Å². The Morgan fingerprint density at radius 1 is 0.833 bits per heavy atom. The molecule has 0 bridgehead atoms. The number of hydrogen-bond donors (Lipinski definition) is 1. The van der Waals surface area contributed by atoms with E-state index in [0.717, 1.165) is 41.6 Å². The van der Waals surface area contributed by atoms with Crippen molar-refractivity contribution >= 4 is 21.4 Å². The first-order valence-electron chi connectivity index (χ1n) is 14.8. The van der Waals surface area contributed by atoms with Gasteiger partial charge in [0.1, 0.15) is 5.75 Å². The van der Waals surface area contributed by atoms with E-state index < -0.39 is 48.8 Å². The molecule has 4 aromatic carbocycles. The monoisotopic (exact) mass is 713 g/mol. The average molecular weight is 714 g/mol. The van der Waals surface area contributed by atoms with Crippen LogP contribution in [0.15, 0.2) is 102 Å². The second-order valence-corrected chi connectivity index (χ2v) is 13.9. The van der Waals surface area contributed by atoms with Crippen molar-refractivity contribution in [3.8, 4) is 5.75 Å². The Morgan fingerprint density at radius 2 is 1.42 bits per heavy atom. The zero-order valence-electron chi connectivity index (χ0n) is 26.0. The van der Waals surface area contributed by atoms with Gasteiger partial charge >= 0.3 is 12.4 Å². The third kappa shape index (κ3) is 9.10. The summed E-state index contributed by atoms with van der Waals surface area (Å²) >= 11 is 6.27. The topological polar surface area (TPSA) is 66.8 Å². The Labute approximate surface area is 280 Å². The summed E-state index contributed by atoms with van der Waals surface area (Å²) in [5.74, 6) is -0.194. The van der Waals surface area contributed by atoms with E-state index in [2.05, 4.69) is 0 Å². The second kappa shape index (κ2) is 14.9. The molecule has 13 heteroatoms. The number of nitrogens with zero attached hydrogens (tertiary/aromatic N) is 1. The third-order valence-electron chi connectivity index (χ3n) is 7.94. The summed E-state index contributed by atoms with van der Waals surface area (Å²) in [6.45, 7) is 1.23. The van der Waals surface area contributed by atoms with Crippen LogP contribution in [-0.4, -0.2) is 50.6 Å². The van der Waals surface area contributed by atoms with Crippen LogP contribution in [-0.2, 0) is 28.2 Å². The van der Waals surface area contributed by atoms with Gasteiger partial charge in [-0.25, -0.2) is 8.42 Å². The minimum Gasteiger partial charge on any atom is -0.494 e. The molecule has 258 valence electrons. The van der Waals surface area contributed by atoms with Crippen molar-refractivity contribution < 1.29 is 44.6 Å².